The Morgan fingerprint density at radius 1 is 0.724 bits per heavy atom. The Kier molecular flexibility index (Phi) is 8.15. The van der Waals surface area contributed by atoms with Gasteiger partial charge in [-0.3, -0.25) is 4.79 Å². The number of ether oxygens (including phenoxy) is 1. The summed E-state index contributed by atoms with van der Waals surface area (Å²) in [5, 5.41) is 0. The molecule has 2 aromatic rings. The normalized spacial score (nSPS) is 22.3. The summed E-state index contributed by atoms with van der Waals surface area (Å²) in [6, 6.07) is 17.3. The average Bonchev–Trinajstić information content (AvgIpc) is 3.48. The third kappa shape index (κ3) is 5.41. The Morgan fingerprint density at radius 3 is 1.97 bits per heavy atom. The van der Waals surface area contributed by atoms with Gasteiger partial charge in [0.05, 0.1) is 5.56 Å². The second kappa shape index (κ2) is 10.8. The number of Topliss-reactive ketones (excluding diaryl/α,β-unsaturated/α-hetero) is 1. The molecular weight excluding hydrogens is 400 g/mol. The van der Waals surface area contributed by atoms with E-state index in [9.17, 15) is 4.79 Å². The first-order valence-corrected chi connectivity index (χ1v) is 9.28. The molecule has 0 N–H and O–H groups in total. The van der Waals surface area contributed by atoms with Crippen molar-refractivity contribution < 1.29 is 26.6 Å². The quantitative estimate of drug-likeness (QED) is 0.484. The average molecular weight is 420 g/mol. The molecule has 1 atom stereocenters. The fourth-order valence-corrected chi connectivity index (χ4v) is 3.22. The van der Waals surface area contributed by atoms with Gasteiger partial charge in [-0.25, -0.2) is 0 Å². The third-order valence-corrected chi connectivity index (χ3v) is 4.59. The molecule has 142 valence electrons. The standard InChI is InChI=1S/C21H15O2.C5H5.Fe/c22-20-17-12-6-7-13-19(17)23-21(16-10-2-1-3-11-16)18(20)14-15-8-4-5-9-15;1-2-4-5-3-1;/h1-14,21H;1-5H;/q;;+2/b18-14+;;. The van der Waals surface area contributed by atoms with Crippen molar-refractivity contribution in [2.75, 3.05) is 0 Å². The number of fused-ring (bicyclic) bond motifs is 1. The van der Waals surface area contributed by atoms with E-state index in [0.717, 1.165) is 11.5 Å². The molecule has 2 fully saturated rings. The van der Waals surface area contributed by atoms with Crippen LogP contribution in [0.15, 0.2) is 66.2 Å². The van der Waals surface area contributed by atoms with Gasteiger partial charge >= 0.3 is 17.1 Å². The van der Waals surface area contributed by atoms with Gasteiger partial charge in [0, 0.05) is 11.5 Å². The van der Waals surface area contributed by atoms with Gasteiger partial charge in [-0.2, -0.15) is 0 Å². The van der Waals surface area contributed by atoms with Crippen molar-refractivity contribution in [1.82, 2.24) is 0 Å². The molecule has 2 saturated carbocycles. The first kappa shape index (κ1) is 21.9. The Balaban J connectivity index is 0.000000352. The zero-order valence-electron chi connectivity index (χ0n) is 15.7. The van der Waals surface area contributed by atoms with E-state index in [4.69, 9.17) is 4.74 Å². The minimum Gasteiger partial charge on any atom is -0.480 e. The molecule has 0 amide bonds. The van der Waals surface area contributed by atoms with Crippen molar-refractivity contribution in [3.05, 3.63) is 141 Å². The summed E-state index contributed by atoms with van der Waals surface area (Å²) in [6.45, 7) is 0. The fraction of sp³-hybridized carbons (Fsp3) is 0.0385. The maximum atomic E-state index is 13.0. The Hall–Kier alpha value is -1.83. The molecule has 3 heteroatoms. The summed E-state index contributed by atoms with van der Waals surface area (Å²) in [6.07, 6.45) is 19.5. The SMILES string of the molecule is O=C1/C(=C\[C]2[CH][CH][CH][CH]2)C(c2ccccc2)Oc2ccccc21.[CH]1[CH][CH][CH][CH]1.[Fe+2]. The van der Waals surface area contributed by atoms with Crippen molar-refractivity contribution in [2.45, 2.75) is 6.10 Å². The minimum atomic E-state index is -0.381. The Bertz CT molecular complexity index is 810. The largest absolute Gasteiger partial charge is 2.00 e. The van der Waals surface area contributed by atoms with Crippen molar-refractivity contribution in [1.29, 1.82) is 0 Å². The molecule has 2 aliphatic carbocycles. The van der Waals surface area contributed by atoms with Crippen LogP contribution in [0, 0.1) is 63.7 Å². The van der Waals surface area contributed by atoms with Crippen molar-refractivity contribution in [2.24, 2.45) is 0 Å². The van der Waals surface area contributed by atoms with Crippen LogP contribution in [0.4, 0.5) is 0 Å². The van der Waals surface area contributed by atoms with E-state index in [1.54, 1.807) is 0 Å². The number of carbonyl (C=O) groups is 1. The number of para-hydroxylation sites is 1. The van der Waals surface area contributed by atoms with E-state index in [1.165, 1.54) is 0 Å². The third-order valence-electron chi connectivity index (χ3n) is 4.59. The second-order valence-corrected chi connectivity index (χ2v) is 6.51. The monoisotopic (exact) mass is 420 g/mol. The van der Waals surface area contributed by atoms with E-state index in [-0.39, 0.29) is 29.0 Å². The van der Waals surface area contributed by atoms with Gasteiger partial charge in [0.15, 0.2) is 11.9 Å². The summed E-state index contributed by atoms with van der Waals surface area (Å²) < 4.78 is 6.16. The van der Waals surface area contributed by atoms with Crippen LogP contribution in [0.25, 0.3) is 0 Å². The van der Waals surface area contributed by atoms with Gasteiger partial charge in [0.2, 0.25) is 0 Å². The second-order valence-electron chi connectivity index (χ2n) is 6.51. The van der Waals surface area contributed by atoms with Crippen LogP contribution < -0.4 is 4.74 Å². The van der Waals surface area contributed by atoms with Crippen LogP contribution in [-0.2, 0) is 17.1 Å². The van der Waals surface area contributed by atoms with Crippen LogP contribution in [0.2, 0.25) is 0 Å². The molecule has 0 aromatic heterocycles. The fourth-order valence-electron chi connectivity index (χ4n) is 3.22. The van der Waals surface area contributed by atoms with E-state index >= 15 is 0 Å². The molecule has 2 aromatic carbocycles. The number of benzene rings is 2. The molecule has 3 aliphatic rings. The summed E-state index contributed by atoms with van der Waals surface area (Å²) in [5.41, 5.74) is 2.27. The molecule has 10 radical (unpaired) electrons. The minimum absolute atomic E-state index is 0. The topological polar surface area (TPSA) is 26.3 Å². The van der Waals surface area contributed by atoms with Crippen molar-refractivity contribution in [3.8, 4) is 5.75 Å². The zero-order valence-corrected chi connectivity index (χ0v) is 16.8. The summed E-state index contributed by atoms with van der Waals surface area (Å²) in [5.74, 6) is 1.69. The van der Waals surface area contributed by atoms with E-state index in [1.807, 2.05) is 118 Å². The van der Waals surface area contributed by atoms with Crippen LogP contribution in [0.1, 0.15) is 22.0 Å². The number of hydrogen-bond donors (Lipinski definition) is 0. The predicted molar refractivity (Wildman–Crippen MR) is 111 cm³/mol. The first-order valence-electron chi connectivity index (χ1n) is 9.28. The Morgan fingerprint density at radius 2 is 1.31 bits per heavy atom. The molecular formula is C26H20FeO2+2. The van der Waals surface area contributed by atoms with Gasteiger partial charge < -0.3 is 4.74 Å². The molecule has 0 spiro atoms. The number of rotatable bonds is 2. The van der Waals surface area contributed by atoms with Gasteiger partial charge in [-0.1, -0.05) is 48.5 Å². The number of carbonyl (C=O) groups excluding carboxylic acids is 1. The molecule has 1 aliphatic heterocycles. The van der Waals surface area contributed by atoms with Gasteiger partial charge in [0.1, 0.15) is 5.75 Å². The summed E-state index contributed by atoms with van der Waals surface area (Å²) in [4.78, 5) is 13.0. The van der Waals surface area contributed by atoms with E-state index < -0.39 is 0 Å². The first-order chi connectivity index (χ1) is 13.8. The van der Waals surface area contributed by atoms with Crippen molar-refractivity contribution >= 4 is 5.78 Å². The van der Waals surface area contributed by atoms with Gasteiger partial charge in [-0.15, -0.1) is 0 Å². The number of hydrogen-bond acceptors (Lipinski definition) is 2. The smallest absolute Gasteiger partial charge is 0.480 e. The van der Waals surface area contributed by atoms with Crippen molar-refractivity contribution in [3.63, 3.8) is 0 Å². The number of ketones is 1. The molecule has 29 heavy (non-hydrogen) atoms. The molecule has 1 heterocycles. The Labute approximate surface area is 185 Å². The number of allylic oxidation sites excluding steroid dienone is 1. The molecule has 0 bridgehead atoms. The zero-order chi connectivity index (χ0) is 19.2. The van der Waals surface area contributed by atoms with Crippen LogP contribution in [0.5, 0.6) is 5.75 Å². The van der Waals surface area contributed by atoms with E-state index in [0.29, 0.717) is 16.9 Å². The van der Waals surface area contributed by atoms with Crippen LogP contribution in [-0.4, -0.2) is 5.78 Å². The molecule has 0 saturated heterocycles. The molecule has 1 unspecified atom stereocenters. The van der Waals surface area contributed by atoms with Gasteiger partial charge in [0.25, 0.3) is 0 Å². The van der Waals surface area contributed by atoms with Crippen LogP contribution >= 0.6 is 0 Å². The maximum Gasteiger partial charge on any atom is 2.00 e. The predicted octanol–water partition coefficient (Wildman–Crippen LogP) is 5.35. The molecule has 2 nitrogen and oxygen atoms in total. The maximum absolute atomic E-state index is 13.0. The van der Waals surface area contributed by atoms with Crippen LogP contribution in [0.3, 0.4) is 0 Å². The van der Waals surface area contributed by atoms with E-state index in [2.05, 4.69) is 0 Å². The summed E-state index contributed by atoms with van der Waals surface area (Å²) in [7, 11) is 0. The molecule has 5 rings (SSSR count). The van der Waals surface area contributed by atoms with Gasteiger partial charge in [-0.05, 0) is 75.5 Å². The summed E-state index contributed by atoms with van der Waals surface area (Å²) >= 11 is 0.